The lowest BCUT2D eigenvalue weighted by Crippen LogP contribution is -2.54. The van der Waals surface area contributed by atoms with Crippen LogP contribution in [0.2, 0.25) is 0 Å². The fraction of sp³-hybridized carbons (Fsp3) is 0.972. The van der Waals surface area contributed by atoms with Gasteiger partial charge in [-0.25, -0.2) is 0 Å². The number of hydrogen-bond acceptors (Lipinski definition) is 2. The van der Waals surface area contributed by atoms with Crippen molar-refractivity contribution >= 4 is 5.97 Å². The molecule has 2 nitrogen and oxygen atoms in total. The van der Waals surface area contributed by atoms with Gasteiger partial charge in [-0.1, -0.05) is 67.7 Å². The van der Waals surface area contributed by atoms with Crippen molar-refractivity contribution in [2.45, 2.75) is 151 Å². The Hall–Kier alpha value is -0.530. The van der Waals surface area contributed by atoms with Gasteiger partial charge >= 0.3 is 5.97 Å². The second-order valence-electron chi connectivity index (χ2n) is 16.6. The zero-order valence-corrected chi connectivity index (χ0v) is 26.3. The molecule has 38 heavy (non-hydrogen) atoms. The topological polar surface area (TPSA) is 26.3 Å². The molecule has 0 aromatic rings. The lowest BCUT2D eigenvalue weighted by Gasteiger charge is -2.61. The number of fused-ring (bicyclic) bond motifs is 5. The summed E-state index contributed by atoms with van der Waals surface area (Å²) in [6.45, 7) is 17.4. The molecule has 0 aromatic heterocycles. The maximum atomic E-state index is 13.1. The number of esters is 1. The molecule has 218 valence electrons. The van der Waals surface area contributed by atoms with Crippen molar-refractivity contribution in [2.75, 3.05) is 0 Å². The van der Waals surface area contributed by atoms with Crippen molar-refractivity contribution in [3.8, 4) is 0 Å². The van der Waals surface area contributed by atoms with Crippen LogP contribution in [0.4, 0.5) is 0 Å². The summed E-state index contributed by atoms with van der Waals surface area (Å²) in [6.07, 6.45) is 20.1. The molecule has 0 heterocycles. The third-order valence-electron chi connectivity index (χ3n) is 13.6. The van der Waals surface area contributed by atoms with E-state index in [0.717, 1.165) is 67.1 Å². The van der Waals surface area contributed by atoms with Crippen molar-refractivity contribution in [1.82, 2.24) is 0 Å². The minimum atomic E-state index is 0.138. The average molecular weight is 527 g/mol. The summed E-state index contributed by atoms with van der Waals surface area (Å²) in [5, 5.41) is 0. The fourth-order valence-electron chi connectivity index (χ4n) is 11.8. The highest BCUT2D eigenvalue weighted by Crippen LogP contribution is 2.68. The Morgan fingerprint density at radius 2 is 1.47 bits per heavy atom. The molecule has 5 aliphatic carbocycles. The SMILES string of the molecule is CC(C)CCCC(C)C1CCC2C3CCC4CC(OC(=O)C5CC(C)CC(C)C5)CCC4(C)C3CCC12C. The maximum absolute atomic E-state index is 13.1. The van der Waals surface area contributed by atoms with Gasteiger partial charge in [-0.3, -0.25) is 4.79 Å². The first-order chi connectivity index (χ1) is 18.0. The molecule has 11 atom stereocenters. The van der Waals surface area contributed by atoms with Crippen LogP contribution in [0, 0.1) is 70.0 Å². The minimum Gasteiger partial charge on any atom is -0.462 e. The van der Waals surface area contributed by atoms with Crippen LogP contribution in [0.3, 0.4) is 0 Å². The van der Waals surface area contributed by atoms with E-state index in [4.69, 9.17) is 4.74 Å². The average Bonchev–Trinajstić information content (AvgIpc) is 3.20. The van der Waals surface area contributed by atoms with Crippen LogP contribution in [0.5, 0.6) is 0 Å². The van der Waals surface area contributed by atoms with E-state index in [-0.39, 0.29) is 18.0 Å². The molecular weight excluding hydrogens is 464 g/mol. The monoisotopic (exact) mass is 526 g/mol. The van der Waals surface area contributed by atoms with E-state index in [9.17, 15) is 4.79 Å². The second-order valence-corrected chi connectivity index (χ2v) is 16.6. The molecule has 0 saturated heterocycles. The molecule has 5 aliphatic rings. The highest BCUT2D eigenvalue weighted by molar-refractivity contribution is 5.72. The molecular formula is C36H62O2. The summed E-state index contributed by atoms with van der Waals surface area (Å²) >= 11 is 0. The molecule has 0 aliphatic heterocycles. The highest BCUT2D eigenvalue weighted by Gasteiger charge is 2.60. The lowest BCUT2D eigenvalue weighted by molar-refractivity contribution is -0.168. The summed E-state index contributed by atoms with van der Waals surface area (Å²) in [6, 6.07) is 0. The van der Waals surface area contributed by atoms with Gasteiger partial charge < -0.3 is 4.74 Å². The van der Waals surface area contributed by atoms with Gasteiger partial charge in [0.15, 0.2) is 0 Å². The normalized spacial score (nSPS) is 47.6. The Morgan fingerprint density at radius 1 is 0.789 bits per heavy atom. The summed E-state index contributed by atoms with van der Waals surface area (Å²) < 4.78 is 6.29. The smallest absolute Gasteiger partial charge is 0.309 e. The maximum Gasteiger partial charge on any atom is 0.309 e. The molecule has 0 radical (unpaired) electrons. The summed E-state index contributed by atoms with van der Waals surface area (Å²) in [4.78, 5) is 13.1. The standard InChI is InChI=1S/C36H62O2/c1-23(2)9-8-10-26(5)31-13-14-32-30-12-11-28-22-29(38-34(37)27-20-24(3)19-25(4)21-27)15-17-35(28,6)33(30)16-18-36(31,32)7/h23-33H,8-22H2,1-7H3. The van der Waals surface area contributed by atoms with Crippen LogP contribution in [-0.4, -0.2) is 12.1 Å². The van der Waals surface area contributed by atoms with Crippen LogP contribution in [0.1, 0.15) is 145 Å². The van der Waals surface area contributed by atoms with E-state index in [1.54, 1.807) is 0 Å². The van der Waals surface area contributed by atoms with Gasteiger partial charge in [-0.05, 0) is 141 Å². The highest BCUT2D eigenvalue weighted by atomic mass is 16.5. The molecule has 2 heteroatoms. The first kappa shape index (κ1) is 29.0. The second kappa shape index (κ2) is 11.4. The Bertz CT molecular complexity index is 808. The van der Waals surface area contributed by atoms with E-state index >= 15 is 0 Å². The molecule has 0 spiro atoms. The molecule has 0 N–H and O–H groups in total. The molecule has 5 saturated carbocycles. The number of ether oxygens (including phenoxy) is 1. The zero-order valence-electron chi connectivity index (χ0n) is 26.3. The van der Waals surface area contributed by atoms with E-state index in [2.05, 4.69) is 48.5 Å². The Kier molecular flexibility index (Phi) is 8.69. The summed E-state index contributed by atoms with van der Waals surface area (Å²) in [5.41, 5.74) is 1.06. The third-order valence-corrected chi connectivity index (χ3v) is 13.6. The van der Waals surface area contributed by atoms with Crippen LogP contribution in [-0.2, 0) is 9.53 Å². The van der Waals surface area contributed by atoms with Crippen molar-refractivity contribution in [3.63, 3.8) is 0 Å². The zero-order chi connectivity index (χ0) is 27.2. The van der Waals surface area contributed by atoms with Gasteiger partial charge in [0, 0.05) is 0 Å². The quantitative estimate of drug-likeness (QED) is 0.308. The molecule has 0 bridgehead atoms. The number of carbonyl (C=O) groups excluding carboxylic acids is 1. The largest absolute Gasteiger partial charge is 0.462 e. The fourth-order valence-corrected chi connectivity index (χ4v) is 11.8. The Morgan fingerprint density at radius 3 is 2.18 bits per heavy atom. The van der Waals surface area contributed by atoms with Crippen molar-refractivity contribution in [2.24, 2.45) is 70.0 Å². The van der Waals surface area contributed by atoms with E-state index in [1.165, 1.54) is 70.6 Å². The van der Waals surface area contributed by atoms with Gasteiger partial charge in [0.1, 0.15) is 6.10 Å². The minimum absolute atomic E-state index is 0.138. The van der Waals surface area contributed by atoms with Gasteiger partial charge in [-0.2, -0.15) is 0 Å². The number of carbonyl (C=O) groups is 1. The first-order valence-electron chi connectivity index (χ1n) is 17.2. The van der Waals surface area contributed by atoms with Crippen LogP contribution >= 0.6 is 0 Å². The molecule has 0 aromatic carbocycles. The molecule has 5 rings (SSSR count). The summed E-state index contributed by atoms with van der Waals surface area (Å²) in [7, 11) is 0. The van der Waals surface area contributed by atoms with Crippen molar-refractivity contribution < 1.29 is 9.53 Å². The van der Waals surface area contributed by atoms with Gasteiger partial charge in [0.25, 0.3) is 0 Å². The van der Waals surface area contributed by atoms with E-state index in [1.807, 2.05) is 0 Å². The number of hydrogen-bond donors (Lipinski definition) is 0. The van der Waals surface area contributed by atoms with Gasteiger partial charge in [-0.15, -0.1) is 0 Å². The lowest BCUT2D eigenvalue weighted by atomic mass is 9.44. The van der Waals surface area contributed by atoms with Crippen LogP contribution < -0.4 is 0 Å². The van der Waals surface area contributed by atoms with Gasteiger partial charge in [0.05, 0.1) is 5.92 Å². The predicted molar refractivity (Wildman–Crippen MR) is 159 cm³/mol. The van der Waals surface area contributed by atoms with Gasteiger partial charge in [0.2, 0.25) is 0 Å². The predicted octanol–water partition coefficient (Wildman–Crippen LogP) is 10.1. The van der Waals surface area contributed by atoms with E-state index in [0.29, 0.717) is 22.7 Å². The van der Waals surface area contributed by atoms with Crippen molar-refractivity contribution in [3.05, 3.63) is 0 Å². The first-order valence-corrected chi connectivity index (χ1v) is 17.2. The van der Waals surface area contributed by atoms with E-state index < -0.39 is 0 Å². The number of rotatable bonds is 7. The van der Waals surface area contributed by atoms with Crippen molar-refractivity contribution in [1.29, 1.82) is 0 Å². The van der Waals surface area contributed by atoms with Crippen LogP contribution in [0.25, 0.3) is 0 Å². The molecule has 5 fully saturated rings. The van der Waals surface area contributed by atoms with Crippen LogP contribution in [0.15, 0.2) is 0 Å². The Balaban J connectivity index is 1.19. The third kappa shape index (κ3) is 5.51. The Labute approximate surface area is 236 Å². The molecule has 11 unspecified atom stereocenters. The summed E-state index contributed by atoms with van der Waals surface area (Å²) in [5.74, 6) is 7.89. The molecule has 0 amide bonds.